The van der Waals surface area contributed by atoms with Gasteiger partial charge in [-0.05, 0) is 75.9 Å². The molecule has 0 amide bonds. The van der Waals surface area contributed by atoms with Crippen molar-refractivity contribution in [2.75, 3.05) is 0 Å². The van der Waals surface area contributed by atoms with Gasteiger partial charge in [-0.3, -0.25) is 0 Å². The van der Waals surface area contributed by atoms with Crippen molar-refractivity contribution in [1.29, 1.82) is 0 Å². The Labute approximate surface area is 355 Å². The summed E-state index contributed by atoms with van der Waals surface area (Å²) >= 11 is 0. The Kier molecular flexibility index (Phi) is 14.6. The van der Waals surface area contributed by atoms with E-state index in [4.69, 9.17) is 0 Å². The molecule has 0 nitrogen and oxygen atoms in total. The third-order valence-corrected chi connectivity index (χ3v) is 27.8. The maximum Gasteiger partial charge on any atom is 0.138 e. The molecule has 314 valence electrons. The first-order valence-electron chi connectivity index (χ1n) is 21.4. The van der Waals surface area contributed by atoms with E-state index < -0.39 is 31.4 Å². The minimum absolute atomic E-state index is 0.0164. The molecular formula is C52H88P2Si2. The molecule has 0 N–H and O–H groups in total. The van der Waals surface area contributed by atoms with Crippen LogP contribution < -0.4 is 10.6 Å². The molecule has 2 atom stereocenters. The van der Waals surface area contributed by atoms with Crippen LogP contribution in [-0.4, -0.2) is 16.1 Å². The lowest BCUT2D eigenvalue weighted by atomic mass is 9.75. The maximum atomic E-state index is 4.36. The van der Waals surface area contributed by atoms with Crippen molar-refractivity contribution in [3.8, 4) is 22.4 Å². The van der Waals surface area contributed by atoms with Crippen molar-refractivity contribution in [2.45, 2.75) is 235 Å². The molecule has 0 aliphatic carbocycles. The summed E-state index contributed by atoms with van der Waals surface area (Å²) in [6.07, 6.45) is 0. The van der Waals surface area contributed by atoms with Gasteiger partial charge in [0.15, 0.2) is 0 Å². The highest BCUT2D eigenvalue weighted by Gasteiger charge is 2.42. The first kappa shape index (κ1) is 51.0. The lowest BCUT2D eigenvalue weighted by Gasteiger charge is -2.40. The van der Waals surface area contributed by atoms with Crippen molar-refractivity contribution in [3.63, 3.8) is 0 Å². The summed E-state index contributed by atoms with van der Waals surface area (Å²) in [4.78, 5) is 0. The fourth-order valence-corrected chi connectivity index (χ4v) is 17.2. The van der Waals surface area contributed by atoms with Crippen LogP contribution in [-0.2, 0) is 32.5 Å². The third-order valence-electron chi connectivity index (χ3n) is 12.5. The van der Waals surface area contributed by atoms with Gasteiger partial charge in [0.2, 0.25) is 0 Å². The number of hydrogen-bond donors (Lipinski definition) is 0. The minimum Gasteiger partial charge on any atom is -0.126 e. The molecule has 0 saturated heterocycles. The van der Waals surface area contributed by atoms with Crippen molar-refractivity contribution >= 4 is 42.0 Å². The van der Waals surface area contributed by atoms with Crippen LogP contribution in [0.25, 0.3) is 0 Å². The molecule has 4 heteroatoms. The van der Waals surface area contributed by atoms with Crippen molar-refractivity contribution in [1.82, 2.24) is 0 Å². The Balaban J connectivity index is 3.75. The highest BCUT2D eigenvalue weighted by molar-refractivity contribution is 8.39. The van der Waals surface area contributed by atoms with Gasteiger partial charge in [-0.25, -0.2) is 0 Å². The second-order valence-electron chi connectivity index (χ2n) is 26.2. The van der Waals surface area contributed by atoms with Gasteiger partial charge in [-0.15, -0.1) is 11.1 Å². The third kappa shape index (κ3) is 12.0. The molecule has 56 heavy (non-hydrogen) atoms. The van der Waals surface area contributed by atoms with Crippen LogP contribution in [0, 0.1) is 22.4 Å². The van der Waals surface area contributed by atoms with E-state index in [0.29, 0.717) is 0 Å². The van der Waals surface area contributed by atoms with Gasteiger partial charge in [0, 0.05) is 25.8 Å². The van der Waals surface area contributed by atoms with Gasteiger partial charge < -0.3 is 0 Å². The van der Waals surface area contributed by atoms with Crippen LogP contribution in [0.1, 0.15) is 200 Å². The lowest BCUT2D eigenvalue weighted by Crippen LogP contribution is -2.36. The van der Waals surface area contributed by atoms with Crippen LogP contribution in [0.5, 0.6) is 0 Å². The first-order valence-corrected chi connectivity index (χ1v) is 30.8. The molecule has 0 aliphatic heterocycles. The maximum absolute atomic E-state index is 4.36. The average molecular weight is 831 g/mol. The summed E-state index contributed by atoms with van der Waals surface area (Å²) in [5.74, 6) is 0. The molecule has 0 aromatic heterocycles. The molecule has 2 aromatic rings. The van der Waals surface area contributed by atoms with E-state index in [1.54, 1.807) is 0 Å². The van der Waals surface area contributed by atoms with E-state index in [0.717, 1.165) is 0 Å². The lowest BCUT2D eigenvalue weighted by molar-refractivity contribution is 0.552. The molecule has 2 rings (SSSR count). The van der Waals surface area contributed by atoms with E-state index in [2.05, 4.69) is 239 Å². The predicted molar refractivity (Wildman–Crippen MR) is 268 cm³/mol. The molecule has 0 fully saturated rings. The van der Waals surface area contributed by atoms with E-state index in [1.807, 2.05) is 0 Å². The van der Waals surface area contributed by atoms with Gasteiger partial charge in [0.1, 0.15) is 16.1 Å². The Morgan fingerprint density at radius 3 is 0.679 bits per heavy atom. The van der Waals surface area contributed by atoms with Crippen LogP contribution >= 0.6 is 15.2 Å². The Bertz CT molecular complexity index is 1650. The Morgan fingerprint density at radius 1 is 0.339 bits per heavy atom. The molecule has 0 radical (unpaired) electrons. The quantitative estimate of drug-likeness (QED) is 0.164. The summed E-state index contributed by atoms with van der Waals surface area (Å²) in [6.45, 7) is 67.9. The zero-order valence-corrected chi connectivity index (χ0v) is 46.0. The number of rotatable bonds is 3. The number of hydrogen-bond acceptors (Lipinski definition) is 0. The van der Waals surface area contributed by atoms with Crippen LogP contribution in [0.2, 0.25) is 36.3 Å². The summed E-state index contributed by atoms with van der Waals surface area (Å²) in [5, 5.41) is 3.31. The highest BCUT2D eigenvalue weighted by Crippen LogP contribution is 2.70. The zero-order valence-electron chi connectivity index (χ0n) is 42.2. The smallest absolute Gasteiger partial charge is 0.126 e. The topological polar surface area (TPSA) is 0 Å². The van der Waals surface area contributed by atoms with E-state index >= 15 is 0 Å². The second-order valence-corrected chi connectivity index (χ2v) is 41.2. The first-order chi connectivity index (χ1) is 24.4. The molecule has 0 spiro atoms. The van der Waals surface area contributed by atoms with E-state index in [9.17, 15) is 0 Å². The van der Waals surface area contributed by atoms with Crippen LogP contribution in [0.4, 0.5) is 0 Å². The standard InChI is InChI=1S/C52H88P2Si2/c1-45(2,3)37-33-39(47(7,8)9)43(40(34-37)48(10,11)12)53(29-31-55(25,26)51(19,20)21)54(30-32-56(27,28)52(22,23)24)44-41(49(13,14)15)35-38(46(4,5)6)36-42(44)50(16,17)18/h33-36H,1-28H3. The van der Waals surface area contributed by atoms with Crippen LogP contribution in [0.3, 0.4) is 0 Å². The molecule has 2 aromatic carbocycles. The summed E-state index contributed by atoms with van der Waals surface area (Å²) in [5.41, 5.74) is 25.5. The Morgan fingerprint density at radius 2 is 0.536 bits per heavy atom. The summed E-state index contributed by atoms with van der Waals surface area (Å²) in [7, 11) is -6.21. The molecule has 0 heterocycles. The van der Waals surface area contributed by atoms with Gasteiger partial charge in [-0.2, -0.15) is 0 Å². The molecular weight excluding hydrogens is 743 g/mol. The Hall–Kier alpha value is -1.15. The molecule has 0 bridgehead atoms. The predicted octanol–water partition coefficient (Wildman–Crippen LogP) is 16.3. The normalized spacial score (nSPS) is 15.4. The van der Waals surface area contributed by atoms with Crippen LogP contribution in [0.15, 0.2) is 24.3 Å². The molecule has 2 unspecified atom stereocenters. The van der Waals surface area contributed by atoms with Gasteiger partial charge >= 0.3 is 0 Å². The summed E-state index contributed by atoms with van der Waals surface area (Å²) < 4.78 is 0. The molecule has 0 saturated carbocycles. The van der Waals surface area contributed by atoms with Crippen molar-refractivity contribution in [3.05, 3.63) is 57.6 Å². The SMILES string of the molecule is CC(C)(C)c1cc(C(C)(C)C)c(P(C#C[Si](C)(C)C(C)(C)C)P(C#C[Si](C)(C)C(C)(C)C)c2c(C(C)(C)C)cc(C(C)(C)C)cc2C(C)(C)C)c(C(C)(C)C)c1. The average Bonchev–Trinajstić information content (AvgIpc) is 2.93. The second kappa shape index (κ2) is 16.0. The van der Waals surface area contributed by atoms with E-state index in [-0.39, 0.29) is 42.6 Å². The van der Waals surface area contributed by atoms with Gasteiger partial charge in [0.05, 0.1) is 0 Å². The van der Waals surface area contributed by atoms with Gasteiger partial charge in [-0.1, -0.05) is 228 Å². The van der Waals surface area contributed by atoms with Gasteiger partial charge in [0.25, 0.3) is 0 Å². The highest BCUT2D eigenvalue weighted by atomic mass is 32.1. The largest absolute Gasteiger partial charge is 0.138 e. The zero-order chi connectivity index (χ0) is 44.4. The van der Waals surface area contributed by atoms with Crippen molar-refractivity contribution < 1.29 is 0 Å². The summed E-state index contributed by atoms with van der Waals surface area (Å²) in [6, 6.07) is 10.3. The monoisotopic (exact) mass is 831 g/mol. The number of benzene rings is 2. The van der Waals surface area contributed by atoms with E-state index in [1.165, 1.54) is 44.0 Å². The fraction of sp³-hybridized carbons (Fsp3) is 0.692. The minimum atomic E-state index is -2.01. The van der Waals surface area contributed by atoms with Crippen molar-refractivity contribution in [2.24, 2.45) is 0 Å². The fourth-order valence-electron chi connectivity index (χ4n) is 6.05. The molecule has 0 aliphatic rings.